The molecule has 0 aliphatic carbocycles. The lowest BCUT2D eigenvalue weighted by molar-refractivity contribution is -0.140. The maximum absolute atomic E-state index is 12.0. The number of carboxylic acid groups (broad SMARTS) is 1. The predicted octanol–water partition coefficient (Wildman–Crippen LogP) is 1.68. The monoisotopic (exact) mass is 289 g/mol. The van der Waals surface area contributed by atoms with E-state index in [9.17, 15) is 14.4 Å². The third-order valence-electron chi connectivity index (χ3n) is 3.82. The van der Waals surface area contributed by atoms with Crippen molar-refractivity contribution in [1.29, 1.82) is 0 Å². The molecule has 1 aliphatic heterocycles. The van der Waals surface area contributed by atoms with Crippen molar-refractivity contribution in [3.05, 3.63) is 34.9 Å². The molecule has 112 valence electrons. The van der Waals surface area contributed by atoms with Crippen LogP contribution in [0.4, 0.5) is 0 Å². The van der Waals surface area contributed by atoms with Crippen LogP contribution in [0.1, 0.15) is 41.3 Å². The Kier molecular flexibility index (Phi) is 4.73. The van der Waals surface area contributed by atoms with Gasteiger partial charge < -0.3 is 10.0 Å². The molecule has 1 heterocycles. The zero-order valence-corrected chi connectivity index (χ0v) is 12.1. The fourth-order valence-corrected chi connectivity index (χ4v) is 2.57. The number of hydrogen-bond donors (Lipinski definition) is 1. The normalized spacial score (nSPS) is 14.2. The summed E-state index contributed by atoms with van der Waals surface area (Å²) in [7, 11) is 0. The van der Waals surface area contributed by atoms with Gasteiger partial charge in [0.2, 0.25) is 5.91 Å². The molecule has 21 heavy (non-hydrogen) atoms. The summed E-state index contributed by atoms with van der Waals surface area (Å²) in [6.45, 7) is 2.72. The molecule has 0 spiro atoms. The SMILES string of the molecule is CC(=O)c1ccc2c(c1)CCN(C(=O)CCC(=O)O)CC2. The summed E-state index contributed by atoms with van der Waals surface area (Å²) in [5, 5.41) is 8.64. The van der Waals surface area contributed by atoms with Gasteiger partial charge in [-0.3, -0.25) is 14.4 Å². The number of nitrogens with zero attached hydrogens (tertiary/aromatic N) is 1. The molecule has 1 aliphatic rings. The Bertz CT molecular complexity index is 580. The predicted molar refractivity (Wildman–Crippen MR) is 77.3 cm³/mol. The van der Waals surface area contributed by atoms with E-state index in [0.717, 1.165) is 17.5 Å². The molecule has 0 radical (unpaired) electrons. The number of ketones is 1. The Balaban J connectivity index is 2.04. The van der Waals surface area contributed by atoms with Crippen LogP contribution in [0.25, 0.3) is 0 Å². The van der Waals surface area contributed by atoms with Crippen LogP contribution < -0.4 is 0 Å². The van der Waals surface area contributed by atoms with E-state index in [2.05, 4.69) is 0 Å². The third-order valence-corrected chi connectivity index (χ3v) is 3.82. The molecule has 1 aromatic carbocycles. The van der Waals surface area contributed by atoms with Gasteiger partial charge in [-0.1, -0.05) is 12.1 Å². The van der Waals surface area contributed by atoms with Crippen LogP contribution in [0, 0.1) is 0 Å². The highest BCUT2D eigenvalue weighted by atomic mass is 16.4. The second-order valence-electron chi connectivity index (χ2n) is 5.31. The van der Waals surface area contributed by atoms with Crippen LogP contribution >= 0.6 is 0 Å². The van der Waals surface area contributed by atoms with Gasteiger partial charge in [-0.2, -0.15) is 0 Å². The van der Waals surface area contributed by atoms with Crippen LogP contribution in [0.3, 0.4) is 0 Å². The highest BCUT2D eigenvalue weighted by Crippen LogP contribution is 2.19. The van der Waals surface area contributed by atoms with Crippen LogP contribution in [0.15, 0.2) is 18.2 Å². The molecule has 5 heteroatoms. The van der Waals surface area contributed by atoms with E-state index in [-0.39, 0.29) is 24.5 Å². The maximum Gasteiger partial charge on any atom is 0.303 e. The van der Waals surface area contributed by atoms with Crippen LogP contribution in [-0.4, -0.2) is 40.8 Å². The number of fused-ring (bicyclic) bond motifs is 1. The fourth-order valence-electron chi connectivity index (χ4n) is 2.57. The number of Topliss-reactive ketones (excluding diaryl/α,β-unsaturated/α-hetero) is 1. The van der Waals surface area contributed by atoms with E-state index < -0.39 is 5.97 Å². The lowest BCUT2D eigenvalue weighted by Gasteiger charge is -2.19. The van der Waals surface area contributed by atoms with Gasteiger partial charge in [0.05, 0.1) is 6.42 Å². The van der Waals surface area contributed by atoms with Gasteiger partial charge in [-0.05, 0) is 37.0 Å². The number of amides is 1. The molecule has 0 saturated heterocycles. The first-order valence-electron chi connectivity index (χ1n) is 7.09. The standard InChI is InChI=1S/C16H19NO4/c1-11(18)13-3-2-12-6-8-17(9-7-14(12)10-13)15(19)4-5-16(20)21/h2-3,10H,4-9H2,1H3,(H,20,21). The molecular weight excluding hydrogens is 270 g/mol. The van der Waals surface area contributed by atoms with Crippen molar-refractivity contribution in [2.24, 2.45) is 0 Å². The minimum absolute atomic E-state index is 0.0384. The summed E-state index contributed by atoms with van der Waals surface area (Å²) in [5.74, 6) is -1.03. The second-order valence-corrected chi connectivity index (χ2v) is 5.31. The van der Waals surface area contributed by atoms with E-state index >= 15 is 0 Å². The van der Waals surface area contributed by atoms with Gasteiger partial charge in [0.1, 0.15) is 0 Å². The largest absolute Gasteiger partial charge is 0.481 e. The first kappa shape index (κ1) is 15.2. The average Bonchev–Trinajstić information content (AvgIpc) is 2.66. The Morgan fingerprint density at radius 3 is 2.38 bits per heavy atom. The number of benzene rings is 1. The first-order valence-corrected chi connectivity index (χ1v) is 7.09. The molecule has 0 fully saturated rings. The van der Waals surface area contributed by atoms with Gasteiger partial charge >= 0.3 is 5.97 Å². The molecule has 2 rings (SSSR count). The zero-order chi connectivity index (χ0) is 15.4. The Morgan fingerprint density at radius 2 is 1.76 bits per heavy atom. The molecule has 0 aromatic heterocycles. The molecule has 1 aromatic rings. The van der Waals surface area contributed by atoms with Gasteiger partial charge in [-0.15, -0.1) is 0 Å². The van der Waals surface area contributed by atoms with Gasteiger partial charge in [0.25, 0.3) is 0 Å². The lowest BCUT2D eigenvalue weighted by Crippen LogP contribution is -2.33. The van der Waals surface area contributed by atoms with Crippen molar-refractivity contribution in [3.8, 4) is 0 Å². The number of aliphatic carboxylic acids is 1. The average molecular weight is 289 g/mol. The quantitative estimate of drug-likeness (QED) is 0.856. The molecule has 0 unspecified atom stereocenters. The highest BCUT2D eigenvalue weighted by Gasteiger charge is 2.19. The van der Waals surface area contributed by atoms with Crippen molar-refractivity contribution in [2.75, 3.05) is 13.1 Å². The summed E-state index contributed by atoms with van der Waals surface area (Å²) in [6.07, 6.45) is 1.36. The molecule has 5 nitrogen and oxygen atoms in total. The Labute approximate surface area is 123 Å². The molecule has 1 amide bonds. The smallest absolute Gasteiger partial charge is 0.303 e. The fraction of sp³-hybridized carbons (Fsp3) is 0.438. The van der Waals surface area contributed by atoms with Crippen LogP contribution in [0.5, 0.6) is 0 Å². The summed E-state index contributed by atoms with van der Waals surface area (Å²) >= 11 is 0. The first-order chi connectivity index (χ1) is 9.97. The Morgan fingerprint density at radius 1 is 1.10 bits per heavy atom. The molecule has 0 atom stereocenters. The molecular formula is C16H19NO4. The minimum Gasteiger partial charge on any atom is -0.481 e. The maximum atomic E-state index is 12.0. The molecule has 0 bridgehead atoms. The second kappa shape index (κ2) is 6.52. The lowest BCUT2D eigenvalue weighted by atomic mass is 9.99. The minimum atomic E-state index is -0.951. The van der Waals surface area contributed by atoms with Crippen molar-refractivity contribution >= 4 is 17.7 Å². The number of carboxylic acids is 1. The summed E-state index contributed by atoms with van der Waals surface area (Å²) in [5.41, 5.74) is 2.96. The van der Waals surface area contributed by atoms with Gasteiger partial charge in [0.15, 0.2) is 5.78 Å². The van der Waals surface area contributed by atoms with Gasteiger partial charge in [-0.25, -0.2) is 0 Å². The van der Waals surface area contributed by atoms with E-state index in [0.29, 0.717) is 25.1 Å². The topological polar surface area (TPSA) is 74.7 Å². The summed E-state index contributed by atoms with van der Waals surface area (Å²) < 4.78 is 0. The molecule has 1 N–H and O–H groups in total. The summed E-state index contributed by atoms with van der Waals surface area (Å²) in [6, 6.07) is 5.68. The van der Waals surface area contributed by atoms with Crippen molar-refractivity contribution in [3.63, 3.8) is 0 Å². The number of hydrogen-bond acceptors (Lipinski definition) is 3. The van der Waals surface area contributed by atoms with Crippen molar-refractivity contribution in [2.45, 2.75) is 32.6 Å². The number of carbonyl (C=O) groups excluding carboxylic acids is 2. The summed E-state index contributed by atoms with van der Waals surface area (Å²) in [4.78, 5) is 35.7. The van der Waals surface area contributed by atoms with Crippen molar-refractivity contribution < 1.29 is 19.5 Å². The van der Waals surface area contributed by atoms with E-state index in [1.165, 1.54) is 0 Å². The van der Waals surface area contributed by atoms with Gasteiger partial charge in [0, 0.05) is 25.1 Å². The van der Waals surface area contributed by atoms with E-state index in [4.69, 9.17) is 5.11 Å². The number of rotatable bonds is 4. The van der Waals surface area contributed by atoms with E-state index in [1.807, 2.05) is 18.2 Å². The van der Waals surface area contributed by atoms with Crippen LogP contribution in [0.2, 0.25) is 0 Å². The Hall–Kier alpha value is -2.17. The van der Waals surface area contributed by atoms with E-state index in [1.54, 1.807) is 11.8 Å². The third kappa shape index (κ3) is 3.90. The number of carbonyl (C=O) groups is 3. The van der Waals surface area contributed by atoms with Crippen LogP contribution in [-0.2, 0) is 22.4 Å². The van der Waals surface area contributed by atoms with Crippen molar-refractivity contribution in [1.82, 2.24) is 4.90 Å². The molecule has 0 saturated carbocycles. The highest BCUT2D eigenvalue weighted by molar-refractivity contribution is 5.94. The zero-order valence-electron chi connectivity index (χ0n) is 12.1.